The monoisotopic (exact) mass is 202 g/mol. The SMILES string of the molecule is Cc1cc2cn[nH]c2c(C(C)(C)C)c1C. The Labute approximate surface area is 90.7 Å². The van der Waals surface area contributed by atoms with Gasteiger partial charge in [0.05, 0.1) is 11.7 Å². The van der Waals surface area contributed by atoms with E-state index in [9.17, 15) is 0 Å². The number of H-pyrrole nitrogens is 1. The summed E-state index contributed by atoms with van der Waals surface area (Å²) in [6.07, 6.45) is 1.90. The van der Waals surface area contributed by atoms with Crippen LogP contribution in [-0.4, -0.2) is 10.2 Å². The molecule has 0 aliphatic carbocycles. The first-order chi connectivity index (χ1) is 6.91. The molecular formula is C13H18N2. The van der Waals surface area contributed by atoms with Crippen LogP contribution < -0.4 is 0 Å². The van der Waals surface area contributed by atoms with Gasteiger partial charge in [-0.25, -0.2) is 0 Å². The third-order valence-corrected chi connectivity index (χ3v) is 3.01. The van der Waals surface area contributed by atoms with Crippen LogP contribution in [0.2, 0.25) is 0 Å². The molecule has 1 heterocycles. The van der Waals surface area contributed by atoms with Crippen molar-refractivity contribution in [1.29, 1.82) is 0 Å². The van der Waals surface area contributed by atoms with Crippen LogP contribution in [0.3, 0.4) is 0 Å². The van der Waals surface area contributed by atoms with Crippen molar-refractivity contribution in [2.45, 2.75) is 40.0 Å². The zero-order chi connectivity index (χ0) is 11.2. The maximum absolute atomic E-state index is 4.13. The quantitative estimate of drug-likeness (QED) is 0.696. The molecule has 0 fully saturated rings. The van der Waals surface area contributed by atoms with Crippen LogP contribution in [0.4, 0.5) is 0 Å². The van der Waals surface area contributed by atoms with Crippen molar-refractivity contribution in [3.63, 3.8) is 0 Å². The lowest BCUT2D eigenvalue weighted by molar-refractivity contribution is 0.590. The highest BCUT2D eigenvalue weighted by molar-refractivity contribution is 5.84. The minimum absolute atomic E-state index is 0.154. The van der Waals surface area contributed by atoms with Crippen LogP contribution in [0, 0.1) is 13.8 Å². The summed E-state index contributed by atoms with van der Waals surface area (Å²) in [5, 5.41) is 8.46. The summed E-state index contributed by atoms with van der Waals surface area (Å²) < 4.78 is 0. The third kappa shape index (κ3) is 1.54. The molecule has 1 aromatic heterocycles. The molecule has 2 aromatic rings. The number of nitrogens with one attached hydrogen (secondary N) is 1. The van der Waals surface area contributed by atoms with Crippen molar-refractivity contribution < 1.29 is 0 Å². The molecule has 0 unspecified atom stereocenters. The Kier molecular flexibility index (Phi) is 2.10. The topological polar surface area (TPSA) is 28.7 Å². The number of aryl methyl sites for hydroxylation is 1. The largest absolute Gasteiger partial charge is 0.278 e. The second kappa shape index (κ2) is 3.09. The highest BCUT2D eigenvalue weighted by Crippen LogP contribution is 2.33. The van der Waals surface area contributed by atoms with Crippen LogP contribution in [-0.2, 0) is 5.41 Å². The van der Waals surface area contributed by atoms with Gasteiger partial charge in [-0.05, 0) is 42.0 Å². The van der Waals surface area contributed by atoms with E-state index in [1.54, 1.807) is 0 Å². The number of aromatic nitrogens is 2. The summed E-state index contributed by atoms with van der Waals surface area (Å²) in [6, 6.07) is 2.20. The number of nitrogens with zero attached hydrogens (tertiary/aromatic N) is 1. The Balaban J connectivity index is 2.90. The molecule has 0 spiro atoms. The summed E-state index contributed by atoms with van der Waals surface area (Å²) in [7, 11) is 0. The Hall–Kier alpha value is -1.31. The average molecular weight is 202 g/mol. The van der Waals surface area contributed by atoms with E-state index >= 15 is 0 Å². The lowest BCUT2D eigenvalue weighted by Crippen LogP contribution is -2.14. The van der Waals surface area contributed by atoms with Gasteiger partial charge in [0.25, 0.3) is 0 Å². The summed E-state index contributed by atoms with van der Waals surface area (Å²) in [5.41, 5.74) is 5.44. The third-order valence-electron chi connectivity index (χ3n) is 3.01. The number of hydrogen-bond acceptors (Lipinski definition) is 1. The molecule has 2 heteroatoms. The molecule has 0 amide bonds. The highest BCUT2D eigenvalue weighted by Gasteiger charge is 2.21. The van der Waals surface area contributed by atoms with Gasteiger partial charge in [0.2, 0.25) is 0 Å². The van der Waals surface area contributed by atoms with Gasteiger partial charge < -0.3 is 0 Å². The van der Waals surface area contributed by atoms with Crippen LogP contribution >= 0.6 is 0 Å². The first kappa shape index (κ1) is 10.2. The first-order valence-electron chi connectivity index (χ1n) is 5.35. The normalized spacial score (nSPS) is 12.3. The van der Waals surface area contributed by atoms with Crippen LogP contribution in [0.5, 0.6) is 0 Å². The minimum atomic E-state index is 0.154. The molecule has 0 saturated heterocycles. The van der Waals surface area contributed by atoms with Crippen molar-refractivity contribution in [3.05, 3.63) is 29.0 Å². The zero-order valence-corrected chi connectivity index (χ0v) is 10.1. The molecule has 0 radical (unpaired) electrons. The van der Waals surface area contributed by atoms with Crippen molar-refractivity contribution in [2.75, 3.05) is 0 Å². The lowest BCUT2D eigenvalue weighted by Gasteiger charge is -2.23. The van der Waals surface area contributed by atoms with E-state index in [0.29, 0.717) is 0 Å². The predicted molar refractivity (Wildman–Crippen MR) is 64.3 cm³/mol. The van der Waals surface area contributed by atoms with Crippen LogP contribution in [0.1, 0.15) is 37.5 Å². The van der Waals surface area contributed by atoms with Crippen LogP contribution in [0.15, 0.2) is 12.3 Å². The molecule has 0 atom stereocenters. The molecule has 1 aromatic carbocycles. The van der Waals surface area contributed by atoms with E-state index in [0.717, 1.165) is 0 Å². The van der Waals surface area contributed by atoms with E-state index in [1.807, 2.05) is 6.20 Å². The lowest BCUT2D eigenvalue weighted by atomic mass is 9.81. The molecule has 1 N–H and O–H groups in total. The number of fused-ring (bicyclic) bond motifs is 1. The number of aromatic amines is 1. The van der Waals surface area contributed by atoms with Gasteiger partial charge >= 0.3 is 0 Å². The van der Waals surface area contributed by atoms with Crippen molar-refractivity contribution in [2.24, 2.45) is 0 Å². The fourth-order valence-corrected chi connectivity index (χ4v) is 2.27. The standard InChI is InChI=1S/C13H18N2/c1-8-6-10-7-14-15-12(10)11(9(8)2)13(3,4)5/h6-7H,1-5H3,(H,14,15). The molecule has 0 saturated carbocycles. The number of rotatable bonds is 0. The molecule has 2 nitrogen and oxygen atoms in total. The summed E-state index contributed by atoms with van der Waals surface area (Å²) in [5.74, 6) is 0. The maximum atomic E-state index is 4.13. The maximum Gasteiger partial charge on any atom is 0.0690 e. The van der Waals surface area contributed by atoms with Gasteiger partial charge in [-0.3, -0.25) is 5.10 Å². The average Bonchev–Trinajstić information content (AvgIpc) is 2.50. The number of benzene rings is 1. The van der Waals surface area contributed by atoms with E-state index < -0.39 is 0 Å². The van der Waals surface area contributed by atoms with Crippen LogP contribution in [0.25, 0.3) is 10.9 Å². The molecule has 2 rings (SSSR count). The zero-order valence-electron chi connectivity index (χ0n) is 10.1. The molecule has 0 bridgehead atoms. The molecule has 80 valence electrons. The fourth-order valence-electron chi connectivity index (χ4n) is 2.27. The molecule has 0 aliphatic heterocycles. The number of hydrogen-bond donors (Lipinski definition) is 1. The first-order valence-corrected chi connectivity index (χ1v) is 5.35. The molecule has 15 heavy (non-hydrogen) atoms. The van der Waals surface area contributed by atoms with Crippen molar-refractivity contribution >= 4 is 10.9 Å². The smallest absolute Gasteiger partial charge is 0.0690 e. The minimum Gasteiger partial charge on any atom is -0.278 e. The van der Waals surface area contributed by atoms with E-state index in [4.69, 9.17) is 0 Å². The van der Waals surface area contributed by atoms with E-state index in [-0.39, 0.29) is 5.41 Å². The molecular weight excluding hydrogens is 184 g/mol. The Bertz CT molecular complexity index is 501. The van der Waals surface area contributed by atoms with E-state index in [2.05, 4.69) is 50.9 Å². The van der Waals surface area contributed by atoms with Gasteiger partial charge in [-0.1, -0.05) is 20.8 Å². The second-order valence-corrected chi connectivity index (χ2v) is 5.28. The summed E-state index contributed by atoms with van der Waals surface area (Å²) in [4.78, 5) is 0. The Morgan fingerprint density at radius 3 is 2.47 bits per heavy atom. The fraction of sp³-hybridized carbons (Fsp3) is 0.462. The van der Waals surface area contributed by atoms with Crippen molar-refractivity contribution in [1.82, 2.24) is 10.2 Å². The molecule has 0 aliphatic rings. The van der Waals surface area contributed by atoms with Gasteiger partial charge in [-0.2, -0.15) is 5.10 Å². The summed E-state index contributed by atoms with van der Waals surface area (Å²) in [6.45, 7) is 11.1. The Morgan fingerprint density at radius 1 is 1.20 bits per heavy atom. The van der Waals surface area contributed by atoms with Gasteiger partial charge in [-0.15, -0.1) is 0 Å². The van der Waals surface area contributed by atoms with Gasteiger partial charge in [0.15, 0.2) is 0 Å². The van der Waals surface area contributed by atoms with Gasteiger partial charge in [0, 0.05) is 5.39 Å². The van der Waals surface area contributed by atoms with Gasteiger partial charge in [0.1, 0.15) is 0 Å². The highest BCUT2D eigenvalue weighted by atomic mass is 15.1. The summed E-state index contributed by atoms with van der Waals surface area (Å²) >= 11 is 0. The van der Waals surface area contributed by atoms with Crippen molar-refractivity contribution in [3.8, 4) is 0 Å². The second-order valence-electron chi connectivity index (χ2n) is 5.28. The van der Waals surface area contributed by atoms with E-state index in [1.165, 1.54) is 27.6 Å². The Morgan fingerprint density at radius 2 is 1.87 bits per heavy atom. The predicted octanol–water partition coefficient (Wildman–Crippen LogP) is 3.48.